The van der Waals surface area contributed by atoms with Crippen molar-refractivity contribution in [1.82, 2.24) is 19.7 Å². The van der Waals surface area contributed by atoms with Gasteiger partial charge in [0.05, 0.1) is 5.41 Å². The topological polar surface area (TPSA) is 73.8 Å². The van der Waals surface area contributed by atoms with Crippen molar-refractivity contribution in [1.29, 1.82) is 0 Å². The highest BCUT2D eigenvalue weighted by Crippen LogP contribution is 2.40. The van der Waals surface area contributed by atoms with E-state index in [-0.39, 0.29) is 43.1 Å². The number of benzene rings is 1. The lowest BCUT2D eigenvalue weighted by Gasteiger charge is -2.39. The molecule has 0 N–H and O–H groups in total. The first-order chi connectivity index (χ1) is 15.4. The number of amides is 3. The van der Waals surface area contributed by atoms with Crippen molar-refractivity contribution in [2.75, 3.05) is 33.2 Å². The molecule has 0 spiro atoms. The molecule has 2 unspecified atom stereocenters. The van der Waals surface area contributed by atoms with Crippen molar-refractivity contribution < 1.29 is 14.4 Å². The van der Waals surface area contributed by atoms with Gasteiger partial charge in [-0.15, -0.1) is 0 Å². The summed E-state index contributed by atoms with van der Waals surface area (Å²) in [6.45, 7) is 4.43. The largest absolute Gasteiger partial charge is 0.340 e. The van der Waals surface area contributed by atoms with Gasteiger partial charge in [0.15, 0.2) is 0 Å². The zero-order valence-corrected chi connectivity index (χ0v) is 18.7. The maximum absolute atomic E-state index is 13.7. The van der Waals surface area contributed by atoms with Crippen molar-refractivity contribution in [2.24, 2.45) is 0 Å². The average molecular weight is 435 g/mol. The highest BCUT2D eigenvalue weighted by atomic mass is 16.2. The Hall–Kier alpha value is -3.06. The van der Waals surface area contributed by atoms with Crippen molar-refractivity contribution >= 4 is 17.7 Å². The Morgan fingerprint density at radius 2 is 1.84 bits per heavy atom. The quantitative estimate of drug-likeness (QED) is 0.649. The van der Waals surface area contributed by atoms with Gasteiger partial charge in [-0.2, -0.15) is 0 Å². The molecule has 4 rings (SSSR count). The molecule has 32 heavy (non-hydrogen) atoms. The van der Waals surface area contributed by atoms with Crippen LogP contribution in [0.15, 0.2) is 54.7 Å². The van der Waals surface area contributed by atoms with Gasteiger partial charge in [-0.1, -0.05) is 36.4 Å². The van der Waals surface area contributed by atoms with E-state index in [9.17, 15) is 14.4 Å². The molecule has 0 saturated carbocycles. The number of aromatic nitrogens is 1. The first-order valence-corrected chi connectivity index (χ1v) is 11.2. The van der Waals surface area contributed by atoms with Crippen LogP contribution in [-0.4, -0.2) is 76.7 Å². The van der Waals surface area contributed by atoms with E-state index in [2.05, 4.69) is 23.9 Å². The van der Waals surface area contributed by atoms with Gasteiger partial charge in [0.1, 0.15) is 0 Å². The van der Waals surface area contributed by atoms with Crippen LogP contribution >= 0.6 is 0 Å². The summed E-state index contributed by atoms with van der Waals surface area (Å²) in [6, 6.07) is 15.2. The highest BCUT2D eigenvalue weighted by molar-refractivity contribution is 6.10. The smallest absolute Gasteiger partial charge is 0.240 e. The molecule has 2 atom stereocenters. The fourth-order valence-electron chi connectivity index (χ4n) is 4.67. The summed E-state index contributed by atoms with van der Waals surface area (Å²) in [5.41, 5.74) is 0.411. The first kappa shape index (κ1) is 22.1. The number of pyridine rings is 1. The summed E-state index contributed by atoms with van der Waals surface area (Å²) < 4.78 is 0. The number of piperazine rings is 1. The van der Waals surface area contributed by atoms with Gasteiger partial charge in [0.25, 0.3) is 0 Å². The van der Waals surface area contributed by atoms with Crippen LogP contribution in [0.4, 0.5) is 0 Å². The van der Waals surface area contributed by atoms with Gasteiger partial charge in [-0.25, -0.2) is 0 Å². The predicted molar refractivity (Wildman–Crippen MR) is 121 cm³/mol. The zero-order chi connectivity index (χ0) is 22.7. The highest BCUT2D eigenvalue weighted by Gasteiger charge is 2.54. The molecule has 0 aliphatic carbocycles. The second-order valence-electron chi connectivity index (χ2n) is 8.89. The van der Waals surface area contributed by atoms with Gasteiger partial charge in [0, 0.05) is 63.4 Å². The summed E-state index contributed by atoms with van der Waals surface area (Å²) in [5.74, 6) is -0.573. The summed E-state index contributed by atoms with van der Waals surface area (Å²) in [7, 11) is 2.05. The lowest BCUT2D eigenvalue weighted by Crippen LogP contribution is -2.53. The maximum atomic E-state index is 13.7. The fourth-order valence-corrected chi connectivity index (χ4v) is 4.67. The maximum Gasteiger partial charge on any atom is 0.240 e. The van der Waals surface area contributed by atoms with Gasteiger partial charge in [-0.3, -0.25) is 24.3 Å². The van der Waals surface area contributed by atoms with Crippen LogP contribution in [0.1, 0.15) is 31.0 Å². The molecule has 7 heteroatoms. The van der Waals surface area contributed by atoms with Gasteiger partial charge in [0.2, 0.25) is 17.7 Å². The molecule has 168 valence electrons. The van der Waals surface area contributed by atoms with E-state index < -0.39 is 5.41 Å². The van der Waals surface area contributed by atoms with Crippen LogP contribution in [0, 0.1) is 0 Å². The molecule has 3 amide bonds. The summed E-state index contributed by atoms with van der Waals surface area (Å²) in [4.78, 5) is 49.7. The zero-order valence-electron chi connectivity index (χ0n) is 18.7. The average Bonchev–Trinajstić information content (AvgIpc) is 3.05. The Bertz CT molecular complexity index is 981. The van der Waals surface area contributed by atoms with Crippen molar-refractivity contribution in [2.45, 2.75) is 37.6 Å². The first-order valence-electron chi connectivity index (χ1n) is 11.2. The Kier molecular flexibility index (Phi) is 6.37. The summed E-state index contributed by atoms with van der Waals surface area (Å²) >= 11 is 0. The van der Waals surface area contributed by atoms with Crippen molar-refractivity contribution in [3.8, 4) is 0 Å². The van der Waals surface area contributed by atoms with E-state index in [0.717, 1.165) is 17.8 Å². The van der Waals surface area contributed by atoms with Gasteiger partial charge in [-0.05, 0) is 31.7 Å². The van der Waals surface area contributed by atoms with Crippen LogP contribution in [0.2, 0.25) is 0 Å². The monoisotopic (exact) mass is 434 g/mol. The molecule has 2 saturated heterocycles. The van der Waals surface area contributed by atoms with Crippen LogP contribution < -0.4 is 0 Å². The molecule has 3 heterocycles. The van der Waals surface area contributed by atoms with Crippen LogP contribution in [0.3, 0.4) is 0 Å². The normalized spacial score (nSPS) is 24.2. The lowest BCUT2D eigenvalue weighted by molar-refractivity contribution is -0.143. The minimum atomic E-state index is -1.15. The Morgan fingerprint density at radius 1 is 1.09 bits per heavy atom. The molecule has 2 aromatic rings. The number of nitrogens with zero attached hydrogens (tertiary/aromatic N) is 4. The predicted octanol–water partition coefficient (Wildman–Crippen LogP) is 1.87. The summed E-state index contributed by atoms with van der Waals surface area (Å²) in [6.07, 6.45) is 2.23. The van der Waals surface area contributed by atoms with E-state index in [1.807, 2.05) is 53.4 Å². The van der Waals surface area contributed by atoms with Crippen LogP contribution in [-0.2, 0) is 26.2 Å². The number of rotatable bonds is 6. The molecule has 1 aromatic carbocycles. The SMILES string of the molecule is CC1CN(C(=O)CC2(c3ccccc3)CC(=O)N(CCc3ccccn3)C2=O)CCN1C. The molecule has 2 aliphatic rings. The number of likely N-dealkylation sites (tertiary alicyclic amines) is 1. The van der Waals surface area contributed by atoms with Crippen LogP contribution in [0.25, 0.3) is 0 Å². The van der Waals surface area contributed by atoms with E-state index >= 15 is 0 Å². The molecular weight excluding hydrogens is 404 g/mol. The Morgan fingerprint density at radius 3 is 2.53 bits per heavy atom. The standard InChI is InChI=1S/C25H30N4O3/c1-19-18-28(15-14-27(19)2)22(30)16-25(20-8-4-3-5-9-20)17-23(31)29(24(25)32)13-11-21-10-6-7-12-26-21/h3-10,12,19H,11,13-18H2,1-2H3. The Labute approximate surface area is 189 Å². The summed E-state index contributed by atoms with van der Waals surface area (Å²) in [5, 5.41) is 0. The van der Waals surface area contributed by atoms with E-state index in [4.69, 9.17) is 0 Å². The number of hydrogen-bond donors (Lipinski definition) is 0. The second kappa shape index (κ2) is 9.20. The molecule has 1 aromatic heterocycles. The van der Waals surface area contributed by atoms with Crippen molar-refractivity contribution in [3.63, 3.8) is 0 Å². The third kappa shape index (κ3) is 4.30. The van der Waals surface area contributed by atoms with E-state index in [1.54, 1.807) is 6.20 Å². The van der Waals surface area contributed by atoms with E-state index in [1.165, 1.54) is 4.90 Å². The number of carbonyl (C=O) groups is 3. The number of imide groups is 1. The molecule has 0 bridgehead atoms. The molecule has 2 fully saturated rings. The Balaban J connectivity index is 1.57. The van der Waals surface area contributed by atoms with Gasteiger partial charge < -0.3 is 9.80 Å². The molecular formula is C25H30N4O3. The fraction of sp³-hybridized carbons (Fsp3) is 0.440. The van der Waals surface area contributed by atoms with Crippen molar-refractivity contribution in [3.05, 3.63) is 66.0 Å². The minimum Gasteiger partial charge on any atom is -0.340 e. The van der Waals surface area contributed by atoms with Gasteiger partial charge >= 0.3 is 0 Å². The second-order valence-corrected chi connectivity index (χ2v) is 8.89. The lowest BCUT2D eigenvalue weighted by atomic mass is 9.75. The molecule has 2 aliphatic heterocycles. The molecule has 7 nitrogen and oxygen atoms in total. The number of likely N-dealkylation sites (N-methyl/N-ethyl adjacent to an activating group) is 1. The van der Waals surface area contributed by atoms with E-state index in [0.29, 0.717) is 19.5 Å². The van der Waals surface area contributed by atoms with Crippen LogP contribution in [0.5, 0.6) is 0 Å². The number of carbonyl (C=O) groups excluding carboxylic acids is 3. The molecule has 0 radical (unpaired) electrons. The third-order valence-electron chi connectivity index (χ3n) is 6.82. The third-order valence-corrected chi connectivity index (χ3v) is 6.82. The number of hydrogen-bond acceptors (Lipinski definition) is 5. The minimum absolute atomic E-state index is 0.0120.